The number of carbonyl (C=O) groups is 1. The molecular formula is C17H21NO2S. The predicted octanol–water partition coefficient (Wildman–Crippen LogP) is 4.35. The second-order valence-electron chi connectivity index (χ2n) is 5.75. The molecule has 1 aliphatic carbocycles. The molecule has 0 spiro atoms. The van der Waals surface area contributed by atoms with E-state index in [1.54, 1.807) is 11.3 Å². The summed E-state index contributed by atoms with van der Waals surface area (Å²) in [7, 11) is 0. The minimum atomic E-state index is -0.0220. The Kier molecular flexibility index (Phi) is 4.86. The number of thiazole rings is 1. The van der Waals surface area contributed by atoms with Crippen molar-refractivity contribution >= 4 is 27.5 Å². The smallest absolute Gasteiger partial charge is 0.306 e. The highest BCUT2D eigenvalue weighted by atomic mass is 32.1. The van der Waals surface area contributed by atoms with Gasteiger partial charge in [0.2, 0.25) is 0 Å². The van der Waals surface area contributed by atoms with E-state index >= 15 is 0 Å². The summed E-state index contributed by atoms with van der Waals surface area (Å²) in [6.45, 7) is 0.515. The van der Waals surface area contributed by atoms with Gasteiger partial charge < -0.3 is 4.74 Å². The molecule has 0 radical (unpaired) electrons. The zero-order chi connectivity index (χ0) is 14.5. The summed E-state index contributed by atoms with van der Waals surface area (Å²) in [4.78, 5) is 16.3. The maximum atomic E-state index is 11.7. The Labute approximate surface area is 129 Å². The summed E-state index contributed by atoms with van der Waals surface area (Å²) in [6.07, 6.45) is 7.29. The van der Waals surface area contributed by atoms with E-state index in [1.807, 2.05) is 18.2 Å². The van der Waals surface area contributed by atoms with E-state index in [2.05, 4.69) is 11.1 Å². The Morgan fingerprint density at radius 3 is 2.90 bits per heavy atom. The van der Waals surface area contributed by atoms with Gasteiger partial charge >= 0.3 is 5.97 Å². The molecule has 0 amide bonds. The van der Waals surface area contributed by atoms with Crippen molar-refractivity contribution in [3.8, 4) is 0 Å². The van der Waals surface area contributed by atoms with Crippen LogP contribution in [0.3, 0.4) is 0 Å². The van der Waals surface area contributed by atoms with Crippen LogP contribution in [0.5, 0.6) is 0 Å². The second kappa shape index (κ2) is 7.03. The number of aryl methyl sites for hydroxylation is 1. The van der Waals surface area contributed by atoms with Gasteiger partial charge in [-0.25, -0.2) is 4.98 Å². The van der Waals surface area contributed by atoms with E-state index in [1.165, 1.54) is 30.4 Å². The van der Waals surface area contributed by atoms with E-state index in [4.69, 9.17) is 4.74 Å². The van der Waals surface area contributed by atoms with Gasteiger partial charge in [0.25, 0.3) is 0 Å². The molecule has 0 N–H and O–H groups in total. The third-order valence-corrected chi connectivity index (χ3v) is 5.16. The number of rotatable bonds is 6. The van der Waals surface area contributed by atoms with Crippen LogP contribution in [0.4, 0.5) is 0 Å². The summed E-state index contributed by atoms with van der Waals surface area (Å²) in [6, 6.07) is 8.18. The van der Waals surface area contributed by atoms with Crippen LogP contribution >= 0.6 is 11.3 Å². The summed E-state index contributed by atoms with van der Waals surface area (Å²) >= 11 is 1.73. The van der Waals surface area contributed by atoms with Crippen LogP contribution in [0.1, 0.15) is 43.5 Å². The quantitative estimate of drug-likeness (QED) is 0.588. The monoisotopic (exact) mass is 303 g/mol. The number of carbonyl (C=O) groups excluding carboxylic acids is 1. The van der Waals surface area contributed by atoms with Crippen LogP contribution in [-0.4, -0.2) is 17.6 Å². The van der Waals surface area contributed by atoms with E-state index in [0.717, 1.165) is 23.4 Å². The van der Waals surface area contributed by atoms with E-state index < -0.39 is 0 Å². The molecule has 3 rings (SSSR count). The van der Waals surface area contributed by atoms with Crippen molar-refractivity contribution in [2.24, 2.45) is 5.92 Å². The molecule has 1 aromatic heterocycles. The van der Waals surface area contributed by atoms with Crippen LogP contribution in [0.15, 0.2) is 24.3 Å². The number of hydrogen-bond donors (Lipinski definition) is 0. The molecule has 1 fully saturated rings. The Hall–Kier alpha value is -1.42. The van der Waals surface area contributed by atoms with Crippen LogP contribution in [0.2, 0.25) is 0 Å². The van der Waals surface area contributed by atoms with Gasteiger partial charge in [-0.05, 0) is 37.3 Å². The van der Waals surface area contributed by atoms with Gasteiger partial charge in [-0.15, -0.1) is 11.3 Å². The van der Waals surface area contributed by atoms with Crippen molar-refractivity contribution in [1.82, 2.24) is 4.98 Å². The van der Waals surface area contributed by atoms with E-state index in [0.29, 0.717) is 18.9 Å². The number of aromatic nitrogens is 1. The molecule has 0 saturated heterocycles. The maximum Gasteiger partial charge on any atom is 0.306 e. The molecule has 0 unspecified atom stereocenters. The molecule has 1 aromatic carbocycles. The first-order chi connectivity index (χ1) is 10.3. The van der Waals surface area contributed by atoms with Crippen LogP contribution in [-0.2, 0) is 16.0 Å². The summed E-state index contributed by atoms with van der Waals surface area (Å²) in [5.41, 5.74) is 1.07. The Morgan fingerprint density at radius 2 is 2.10 bits per heavy atom. The zero-order valence-electron chi connectivity index (χ0n) is 12.2. The SMILES string of the molecule is O=C(CC1CCCC1)OCCCc1nc2ccccc2s1. The lowest BCUT2D eigenvalue weighted by atomic mass is 10.0. The molecule has 1 aliphatic rings. The zero-order valence-corrected chi connectivity index (χ0v) is 13.0. The number of benzene rings is 1. The Bertz CT molecular complexity index is 569. The topological polar surface area (TPSA) is 39.2 Å². The highest BCUT2D eigenvalue weighted by Gasteiger charge is 2.19. The van der Waals surface area contributed by atoms with Crippen molar-refractivity contribution in [1.29, 1.82) is 0 Å². The highest BCUT2D eigenvalue weighted by molar-refractivity contribution is 7.18. The maximum absolute atomic E-state index is 11.7. The molecule has 2 aromatic rings. The van der Waals surface area contributed by atoms with Crippen molar-refractivity contribution in [3.63, 3.8) is 0 Å². The molecule has 1 saturated carbocycles. The molecular weight excluding hydrogens is 282 g/mol. The minimum absolute atomic E-state index is 0.0220. The fraction of sp³-hybridized carbons (Fsp3) is 0.529. The number of ether oxygens (including phenoxy) is 1. The highest BCUT2D eigenvalue weighted by Crippen LogP contribution is 2.27. The van der Waals surface area contributed by atoms with E-state index in [-0.39, 0.29) is 5.97 Å². The number of fused-ring (bicyclic) bond motifs is 1. The fourth-order valence-corrected chi connectivity index (χ4v) is 3.95. The Morgan fingerprint density at radius 1 is 1.29 bits per heavy atom. The number of hydrogen-bond acceptors (Lipinski definition) is 4. The first kappa shape index (κ1) is 14.5. The molecule has 112 valence electrons. The lowest BCUT2D eigenvalue weighted by molar-refractivity contribution is -0.144. The summed E-state index contributed by atoms with van der Waals surface area (Å²) in [5.74, 6) is 0.549. The second-order valence-corrected chi connectivity index (χ2v) is 6.87. The average Bonchev–Trinajstić information content (AvgIpc) is 3.12. The molecule has 0 aliphatic heterocycles. The van der Waals surface area contributed by atoms with Gasteiger partial charge in [0.15, 0.2) is 0 Å². The Balaban J connectivity index is 1.38. The molecule has 0 atom stereocenters. The lowest BCUT2D eigenvalue weighted by Crippen LogP contribution is -2.10. The first-order valence-corrected chi connectivity index (χ1v) is 8.63. The van der Waals surface area contributed by atoms with Crippen LogP contribution in [0, 0.1) is 5.92 Å². The first-order valence-electron chi connectivity index (χ1n) is 7.81. The molecule has 0 bridgehead atoms. The van der Waals surface area contributed by atoms with Gasteiger partial charge in [0, 0.05) is 12.8 Å². The summed E-state index contributed by atoms with van der Waals surface area (Å²) in [5, 5.41) is 1.13. The minimum Gasteiger partial charge on any atom is -0.466 e. The van der Waals surface area contributed by atoms with Crippen molar-refractivity contribution in [2.45, 2.75) is 44.9 Å². The summed E-state index contributed by atoms with van der Waals surface area (Å²) < 4.78 is 6.57. The predicted molar refractivity (Wildman–Crippen MR) is 85.5 cm³/mol. The normalized spacial score (nSPS) is 15.6. The third-order valence-electron chi connectivity index (χ3n) is 4.07. The van der Waals surface area contributed by atoms with Crippen LogP contribution in [0.25, 0.3) is 10.2 Å². The number of nitrogens with zero attached hydrogens (tertiary/aromatic N) is 1. The third kappa shape index (κ3) is 4.03. The molecule has 4 heteroatoms. The molecule has 1 heterocycles. The fourth-order valence-electron chi connectivity index (χ4n) is 2.95. The number of para-hydroxylation sites is 1. The van der Waals surface area contributed by atoms with Crippen molar-refractivity contribution < 1.29 is 9.53 Å². The average molecular weight is 303 g/mol. The van der Waals surface area contributed by atoms with Gasteiger partial charge in [-0.1, -0.05) is 25.0 Å². The molecule has 21 heavy (non-hydrogen) atoms. The van der Waals surface area contributed by atoms with Crippen molar-refractivity contribution in [2.75, 3.05) is 6.61 Å². The van der Waals surface area contributed by atoms with Gasteiger partial charge in [0.05, 0.1) is 21.8 Å². The van der Waals surface area contributed by atoms with Gasteiger partial charge in [0.1, 0.15) is 0 Å². The van der Waals surface area contributed by atoms with E-state index in [9.17, 15) is 4.79 Å². The standard InChI is InChI=1S/C17H21NO2S/c19-17(12-13-6-1-2-7-13)20-11-5-10-16-18-14-8-3-4-9-15(14)21-16/h3-4,8-9,13H,1-2,5-7,10-12H2. The van der Waals surface area contributed by atoms with Gasteiger partial charge in [-0.3, -0.25) is 4.79 Å². The van der Waals surface area contributed by atoms with Gasteiger partial charge in [-0.2, -0.15) is 0 Å². The number of esters is 1. The molecule has 3 nitrogen and oxygen atoms in total. The lowest BCUT2D eigenvalue weighted by Gasteiger charge is -2.08. The van der Waals surface area contributed by atoms with Crippen molar-refractivity contribution in [3.05, 3.63) is 29.3 Å². The van der Waals surface area contributed by atoms with Crippen LogP contribution < -0.4 is 0 Å². The largest absolute Gasteiger partial charge is 0.466 e.